The Morgan fingerprint density at radius 1 is 1.19 bits per heavy atom. The van der Waals surface area contributed by atoms with E-state index in [0.717, 1.165) is 18.2 Å². The van der Waals surface area contributed by atoms with Crippen LogP contribution >= 0.6 is 0 Å². The molecule has 1 aromatic carbocycles. The summed E-state index contributed by atoms with van der Waals surface area (Å²) in [5, 5.41) is 2.41. The zero-order valence-electron chi connectivity index (χ0n) is 14.3. The molecule has 1 heterocycles. The van der Waals surface area contributed by atoms with Gasteiger partial charge in [0.25, 0.3) is 5.91 Å². The van der Waals surface area contributed by atoms with Crippen molar-refractivity contribution in [2.45, 2.75) is 32.7 Å². The summed E-state index contributed by atoms with van der Waals surface area (Å²) in [6.45, 7) is 1.37. The van der Waals surface area contributed by atoms with Gasteiger partial charge in [-0.1, -0.05) is 6.92 Å². The molecule has 1 aromatic heterocycles. The van der Waals surface area contributed by atoms with Crippen molar-refractivity contribution in [3.05, 3.63) is 59.2 Å². The van der Waals surface area contributed by atoms with Crippen molar-refractivity contribution in [3.63, 3.8) is 0 Å². The SMILES string of the molecule is CCC(=O)Cc1cc(C(=O)NCc2cc(OC(F)(F)F)ccc2F)ccn1. The number of nitrogens with zero attached hydrogens (tertiary/aromatic N) is 1. The number of halogens is 4. The number of alkyl halides is 3. The van der Waals surface area contributed by atoms with Crippen LogP contribution in [0.2, 0.25) is 0 Å². The number of carbonyl (C=O) groups excluding carboxylic acids is 2. The Kier molecular flexibility index (Phi) is 6.49. The van der Waals surface area contributed by atoms with E-state index in [1.54, 1.807) is 6.92 Å². The van der Waals surface area contributed by atoms with E-state index in [0.29, 0.717) is 12.1 Å². The maximum atomic E-state index is 13.8. The lowest BCUT2D eigenvalue weighted by molar-refractivity contribution is -0.274. The van der Waals surface area contributed by atoms with Crippen LogP contribution in [0.25, 0.3) is 0 Å². The number of carbonyl (C=O) groups is 2. The second kappa shape index (κ2) is 8.61. The molecule has 27 heavy (non-hydrogen) atoms. The zero-order valence-corrected chi connectivity index (χ0v) is 14.3. The quantitative estimate of drug-likeness (QED) is 0.741. The van der Waals surface area contributed by atoms with Gasteiger partial charge in [0.05, 0.1) is 0 Å². The molecule has 0 bridgehead atoms. The first-order valence-corrected chi connectivity index (χ1v) is 7.97. The molecule has 0 radical (unpaired) electrons. The number of aromatic nitrogens is 1. The Bertz CT molecular complexity index is 838. The van der Waals surface area contributed by atoms with Crippen LogP contribution in [-0.2, 0) is 17.8 Å². The number of Topliss-reactive ketones (excluding diaryl/α,β-unsaturated/α-hetero) is 1. The summed E-state index contributed by atoms with van der Waals surface area (Å²) < 4.78 is 54.2. The van der Waals surface area contributed by atoms with Crippen molar-refractivity contribution in [1.29, 1.82) is 0 Å². The molecule has 0 spiro atoms. The maximum absolute atomic E-state index is 13.8. The average Bonchev–Trinajstić information content (AvgIpc) is 2.60. The van der Waals surface area contributed by atoms with Crippen molar-refractivity contribution >= 4 is 11.7 Å². The van der Waals surface area contributed by atoms with Gasteiger partial charge in [0, 0.05) is 42.4 Å². The fraction of sp³-hybridized carbons (Fsp3) is 0.278. The van der Waals surface area contributed by atoms with Crippen molar-refractivity contribution < 1.29 is 31.9 Å². The highest BCUT2D eigenvalue weighted by Gasteiger charge is 2.31. The van der Waals surface area contributed by atoms with E-state index in [4.69, 9.17) is 0 Å². The molecule has 0 aliphatic rings. The molecular weight excluding hydrogens is 368 g/mol. The van der Waals surface area contributed by atoms with Crippen LogP contribution in [0.1, 0.15) is 35.0 Å². The first-order valence-electron chi connectivity index (χ1n) is 7.97. The lowest BCUT2D eigenvalue weighted by Gasteiger charge is -2.11. The van der Waals surface area contributed by atoms with E-state index in [-0.39, 0.29) is 29.9 Å². The highest BCUT2D eigenvalue weighted by molar-refractivity contribution is 5.94. The standard InChI is InChI=1S/C18H16F4N2O3/c1-2-14(25)9-13-7-11(5-6-23-13)17(26)24-10-12-8-15(3-4-16(12)19)27-18(20,21)22/h3-8H,2,9-10H2,1H3,(H,24,26). The predicted molar refractivity (Wildman–Crippen MR) is 87.5 cm³/mol. The van der Waals surface area contributed by atoms with Crippen LogP contribution in [0.3, 0.4) is 0 Å². The third kappa shape index (κ3) is 6.36. The highest BCUT2D eigenvalue weighted by Crippen LogP contribution is 2.24. The topological polar surface area (TPSA) is 68.3 Å². The van der Waals surface area contributed by atoms with Gasteiger partial charge in [-0.15, -0.1) is 13.2 Å². The second-order valence-corrected chi connectivity index (χ2v) is 5.59. The van der Waals surface area contributed by atoms with Gasteiger partial charge in [-0.25, -0.2) is 4.39 Å². The van der Waals surface area contributed by atoms with Crippen LogP contribution < -0.4 is 10.1 Å². The molecular formula is C18H16F4N2O3. The molecule has 1 N–H and O–H groups in total. The van der Waals surface area contributed by atoms with Gasteiger partial charge in [-0.2, -0.15) is 0 Å². The van der Waals surface area contributed by atoms with Crippen LogP contribution in [-0.4, -0.2) is 23.0 Å². The van der Waals surface area contributed by atoms with Crippen molar-refractivity contribution in [2.75, 3.05) is 0 Å². The van der Waals surface area contributed by atoms with Crippen LogP contribution in [0, 0.1) is 5.82 Å². The highest BCUT2D eigenvalue weighted by atomic mass is 19.4. The molecule has 0 fully saturated rings. The first-order chi connectivity index (χ1) is 12.7. The van der Waals surface area contributed by atoms with Crippen molar-refractivity contribution in [3.8, 4) is 5.75 Å². The van der Waals surface area contributed by atoms with Crippen molar-refractivity contribution in [2.24, 2.45) is 0 Å². The van der Waals surface area contributed by atoms with Gasteiger partial charge in [0.2, 0.25) is 0 Å². The Hall–Kier alpha value is -2.97. The minimum absolute atomic E-state index is 0.0383. The fourth-order valence-electron chi connectivity index (χ4n) is 2.20. The van der Waals surface area contributed by atoms with Gasteiger partial charge in [-0.3, -0.25) is 14.6 Å². The Balaban J connectivity index is 2.06. The largest absolute Gasteiger partial charge is 0.573 e. The van der Waals surface area contributed by atoms with E-state index >= 15 is 0 Å². The summed E-state index contributed by atoms with van der Waals surface area (Å²) in [6.07, 6.45) is -3.11. The zero-order chi connectivity index (χ0) is 20.0. The van der Waals surface area contributed by atoms with E-state index in [1.807, 2.05) is 0 Å². The second-order valence-electron chi connectivity index (χ2n) is 5.59. The molecule has 0 aliphatic carbocycles. The normalized spacial score (nSPS) is 11.1. The number of ketones is 1. The first kappa shape index (κ1) is 20.3. The number of benzene rings is 1. The molecule has 0 unspecified atom stereocenters. The molecule has 0 saturated carbocycles. The van der Waals surface area contributed by atoms with Crippen LogP contribution in [0.5, 0.6) is 5.75 Å². The molecule has 5 nitrogen and oxygen atoms in total. The Labute approximate surface area is 152 Å². The van der Waals surface area contributed by atoms with Gasteiger partial charge >= 0.3 is 6.36 Å². The summed E-state index contributed by atoms with van der Waals surface area (Å²) >= 11 is 0. The summed E-state index contributed by atoms with van der Waals surface area (Å²) in [5.41, 5.74) is 0.453. The van der Waals surface area contributed by atoms with Gasteiger partial charge in [-0.05, 0) is 30.3 Å². The van der Waals surface area contributed by atoms with E-state index in [1.165, 1.54) is 18.3 Å². The number of rotatable bonds is 7. The average molecular weight is 384 g/mol. The smallest absolute Gasteiger partial charge is 0.406 e. The lowest BCUT2D eigenvalue weighted by atomic mass is 10.1. The minimum Gasteiger partial charge on any atom is -0.406 e. The predicted octanol–water partition coefficient (Wildman–Crippen LogP) is 3.57. The molecule has 9 heteroatoms. The number of amides is 1. The van der Waals surface area contributed by atoms with Gasteiger partial charge < -0.3 is 10.1 Å². The van der Waals surface area contributed by atoms with E-state index in [9.17, 15) is 27.2 Å². The lowest BCUT2D eigenvalue weighted by Crippen LogP contribution is -2.24. The summed E-state index contributed by atoms with van der Waals surface area (Å²) in [4.78, 5) is 27.7. The minimum atomic E-state index is -4.90. The number of pyridine rings is 1. The van der Waals surface area contributed by atoms with Crippen LogP contribution in [0.15, 0.2) is 36.5 Å². The summed E-state index contributed by atoms with van der Waals surface area (Å²) in [5.74, 6) is -1.99. The summed E-state index contributed by atoms with van der Waals surface area (Å²) in [6, 6.07) is 5.37. The number of hydrogen-bond donors (Lipinski definition) is 1. The summed E-state index contributed by atoms with van der Waals surface area (Å²) in [7, 11) is 0. The number of ether oxygens (including phenoxy) is 1. The van der Waals surface area contributed by atoms with E-state index < -0.39 is 23.8 Å². The third-order valence-corrected chi connectivity index (χ3v) is 3.54. The molecule has 2 rings (SSSR count). The molecule has 0 saturated heterocycles. The maximum Gasteiger partial charge on any atom is 0.573 e. The number of hydrogen-bond acceptors (Lipinski definition) is 4. The van der Waals surface area contributed by atoms with Crippen LogP contribution in [0.4, 0.5) is 17.6 Å². The molecule has 0 aliphatic heterocycles. The molecule has 1 amide bonds. The Morgan fingerprint density at radius 2 is 1.93 bits per heavy atom. The van der Waals surface area contributed by atoms with E-state index in [2.05, 4.69) is 15.0 Å². The fourth-order valence-corrected chi connectivity index (χ4v) is 2.20. The van der Waals surface area contributed by atoms with Gasteiger partial charge in [0.15, 0.2) is 0 Å². The molecule has 0 atom stereocenters. The molecule has 144 valence electrons. The van der Waals surface area contributed by atoms with Gasteiger partial charge in [0.1, 0.15) is 17.3 Å². The third-order valence-electron chi connectivity index (χ3n) is 3.54. The molecule has 2 aromatic rings. The monoisotopic (exact) mass is 384 g/mol. The van der Waals surface area contributed by atoms with Crippen molar-refractivity contribution in [1.82, 2.24) is 10.3 Å². The Morgan fingerprint density at radius 3 is 2.59 bits per heavy atom. The number of nitrogens with one attached hydrogen (secondary N) is 1.